The molecule has 0 fully saturated rings. The Morgan fingerprint density at radius 2 is 1.94 bits per heavy atom. The van der Waals surface area contributed by atoms with Crippen LogP contribution in [0, 0.1) is 6.92 Å². The van der Waals surface area contributed by atoms with E-state index in [1.165, 1.54) is 5.56 Å². The second-order valence-electron chi connectivity index (χ2n) is 4.27. The normalized spacial score (nSPS) is 10.3. The first-order valence-corrected chi connectivity index (χ1v) is 6.12. The lowest BCUT2D eigenvalue weighted by Crippen LogP contribution is -2.17. The van der Waals surface area contributed by atoms with Crippen molar-refractivity contribution in [3.05, 3.63) is 53.5 Å². The van der Waals surface area contributed by atoms with Crippen LogP contribution in [0.3, 0.4) is 0 Å². The predicted molar refractivity (Wildman–Crippen MR) is 77.9 cm³/mol. The van der Waals surface area contributed by atoms with E-state index >= 15 is 0 Å². The fourth-order valence-corrected chi connectivity index (χ4v) is 1.94. The van der Waals surface area contributed by atoms with Crippen LogP contribution in [0.15, 0.2) is 41.0 Å². The van der Waals surface area contributed by atoms with Crippen LogP contribution >= 0.6 is 12.2 Å². The van der Waals surface area contributed by atoms with Gasteiger partial charge >= 0.3 is 0 Å². The topological polar surface area (TPSA) is 42.4 Å². The van der Waals surface area contributed by atoms with E-state index in [4.69, 9.17) is 22.4 Å². The van der Waals surface area contributed by atoms with Crippen LogP contribution in [0.4, 0.5) is 5.69 Å². The van der Waals surface area contributed by atoms with Crippen molar-refractivity contribution in [2.24, 2.45) is 5.73 Å². The van der Waals surface area contributed by atoms with E-state index in [-0.39, 0.29) is 0 Å². The summed E-state index contributed by atoms with van der Waals surface area (Å²) in [6.07, 6.45) is 1.72. The Morgan fingerprint density at radius 1 is 1.28 bits per heavy atom. The highest BCUT2D eigenvalue weighted by Crippen LogP contribution is 2.18. The molecule has 18 heavy (non-hydrogen) atoms. The molecule has 1 aromatic heterocycles. The third kappa shape index (κ3) is 2.71. The number of thiocarbonyl (C=S) groups is 1. The van der Waals surface area contributed by atoms with Crippen LogP contribution in [0.5, 0.6) is 0 Å². The second-order valence-corrected chi connectivity index (χ2v) is 4.71. The van der Waals surface area contributed by atoms with Gasteiger partial charge in [0.1, 0.15) is 10.7 Å². The summed E-state index contributed by atoms with van der Waals surface area (Å²) < 4.78 is 5.29. The van der Waals surface area contributed by atoms with Gasteiger partial charge in [-0.1, -0.05) is 12.2 Å². The van der Waals surface area contributed by atoms with E-state index in [1.807, 2.05) is 44.3 Å². The Labute approximate surface area is 112 Å². The number of nitrogens with two attached hydrogens (primary N) is 1. The molecule has 0 aliphatic heterocycles. The zero-order valence-electron chi connectivity index (χ0n) is 10.5. The molecule has 94 valence electrons. The smallest absolute Gasteiger partial charge is 0.105 e. The highest BCUT2D eigenvalue weighted by atomic mass is 32.1. The Balaban J connectivity index is 2.12. The molecule has 0 spiro atoms. The van der Waals surface area contributed by atoms with Crippen molar-refractivity contribution in [2.75, 3.05) is 11.9 Å². The highest BCUT2D eigenvalue weighted by Gasteiger charge is 2.06. The summed E-state index contributed by atoms with van der Waals surface area (Å²) in [6.45, 7) is 2.79. The van der Waals surface area contributed by atoms with Crippen molar-refractivity contribution in [1.82, 2.24) is 0 Å². The van der Waals surface area contributed by atoms with Gasteiger partial charge in [-0.3, -0.25) is 0 Å². The fraction of sp³-hybridized carbons (Fsp3) is 0.214. The SMILES string of the molecule is Cc1occc1CN(C)c1ccc(C(N)=S)cc1. The summed E-state index contributed by atoms with van der Waals surface area (Å²) in [5.74, 6) is 0.960. The molecule has 0 atom stereocenters. The Hall–Kier alpha value is -1.81. The lowest BCUT2D eigenvalue weighted by atomic mass is 10.2. The molecule has 1 heterocycles. The summed E-state index contributed by atoms with van der Waals surface area (Å²) in [6, 6.07) is 9.91. The van der Waals surface area contributed by atoms with Crippen LogP contribution in [-0.2, 0) is 6.54 Å². The maximum Gasteiger partial charge on any atom is 0.105 e. The van der Waals surface area contributed by atoms with Crippen molar-refractivity contribution in [2.45, 2.75) is 13.5 Å². The van der Waals surface area contributed by atoms with Gasteiger partial charge in [0.2, 0.25) is 0 Å². The third-order valence-corrected chi connectivity index (χ3v) is 3.20. The van der Waals surface area contributed by atoms with Crippen molar-refractivity contribution in [3.63, 3.8) is 0 Å². The molecule has 0 aliphatic carbocycles. The first kappa shape index (κ1) is 12.6. The van der Waals surface area contributed by atoms with Crippen LogP contribution in [0.2, 0.25) is 0 Å². The van der Waals surface area contributed by atoms with Gasteiger partial charge in [-0.2, -0.15) is 0 Å². The fourth-order valence-electron chi connectivity index (χ4n) is 1.80. The molecular formula is C14H16N2OS. The predicted octanol–water partition coefficient (Wildman–Crippen LogP) is 2.86. The van der Waals surface area contributed by atoms with Crippen molar-refractivity contribution >= 4 is 22.9 Å². The average Bonchev–Trinajstić information content (AvgIpc) is 2.75. The number of nitrogens with zero attached hydrogens (tertiary/aromatic N) is 1. The zero-order valence-corrected chi connectivity index (χ0v) is 11.3. The number of hydrogen-bond donors (Lipinski definition) is 1. The first-order chi connectivity index (χ1) is 8.58. The summed E-state index contributed by atoms with van der Waals surface area (Å²) in [5.41, 5.74) is 8.78. The summed E-state index contributed by atoms with van der Waals surface area (Å²) in [5, 5.41) is 0. The number of benzene rings is 1. The standard InChI is InChI=1S/C14H16N2OS/c1-10-12(7-8-17-10)9-16(2)13-5-3-11(4-6-13)14(15)18/h3-8H,9H2,1-2H3,(H2,15,18). The van der Waals surface area contributed by atoms with E-state index in [9.17, 15) is 0 Å². The molecule has 0 radical (unpaired) electrons. The minimum atomic E-state index is 0.426. The number of anilines is 1. The monoisotopic (exact) mass is 260 g/mol. The van der Waals surface area contributed by atoms with Gasteiger partial charge in [0.15, 0.2) is 0 Å². The van der Waals surface area contributed by atoms with Crippen molar-refractivity contribution in [1.29, 1.82) is 0 Å². The van der Waals surface area contributed by atoms with Crippen LogP contribution in [-0.4, -0.2) is 12.0 Å². The maximum absolute atomic E-state index is 5.57. The summed E-state index contributed by atoms with van der Waals surface area (Å²) >= 11 is 4.93. The minimum Gasteiger partial charge on any atom is -0.469 e. The number of rotatable bonds is 4. The van der Waals surface area contributed by atoms with Crippen LogP contribution < -0.4 is 10.6 Å². The van der Waals surface area contributed by atoms with Gasteiger partial charge in [0.25, 0.3) is 0 Å². The zero-order chi connectivity index (χ0) is 13.1. The second kappa shape index (κ2) is 5.23. The third-order valence-electron chi connectivity index (χ3n) is 2.97. The molecule has 0 bridgehead atoms. The molecular weight excluding hydrogens is 244 g/mol. The van der Waals surface area contributed by atoms with E-state index < -0.39 is 0 Å². The van der Waals surface area contributed by atoms with Crippen molar-refractivity contribution < 1.29 is 4.42 Å². The van der Waals surface area contributed by atoms with Gasteiger partial charge in [-0.15, -0.1) is 0 Å². The number of hydrogen-bond acceptors (Lipinski definition) is 3. The molecule has 2 aromatic rings. The highest BCUT2D eigenvalue weighted by molar-refractivity contribution is 7.80. The van der Waals surface area contributed by atoms with Gasteiger partial charge in [0, 0.05) is 30.4 Å². The molecule has 2 rings (SSSR count). The molecule has 0 amide bonds. The quantitative estimate of drug-likeness (QED) is 0.858. The molecule has 0 saturated carbocycles. The molecule has 0 unspecified atom stereocenters. The average molecular weight is 260 g/mol. The lowest BCUT2D eigenvalue weighted by molar-refractivity contribution is 0.529. The van der Waals surface area contributed by atoms with E-state index in [0.717, 1.165) is 23.6 Å². The van der Waals surface area contributed by atoms with Crippen molar-refractivity contribution in [3.8, 4) is 0 Å². The molecule has 4 heteroatoms. The van der Waals surface area contributed by atoms with Gasteiger partial charge in [-0.25, -0.2) is 0 Å². The first-order valence-electron chi connectivity index (χ1n) is 5.72. The lowest BCUT2D eigenvalue weighted by Gasteiger charge is -2.19. The molecule has 1 aromatic carbocycles. The van der Waals surface area contributed by atoms with Gasteiger partial charge in [0.05, 0.1) is 6.26 Å². The Kier molecular flexibility index (Phi) is 3.67. The van der Waals surface area contributed by atoms with Gasteiger partial charge in [-0.05, 0) is 37.3 Å². The van der Waals surface area contributed by atoms with E-state index in [2.05, 4.69) is 4.90 Å². The minimum absolute atomic E-state index is 0.426. The Bertz CT molecular complexity index is 545. The largest absolute Gasteiger partial charge is 0.469 e. The molecule has 2 N–H and O–H groups in total. The molecule has 0 aliphatic rings. The number of aryl methyl sites for hydroxylation is 1. The van der Waals surface area contributed by atoms with Gasteiger partial charge < -0.3 is 15.1 Å². The van der Waals surface area contributed by atoms with E-state index in [0.29, 0.717) is 4.99 Å². The number of furan rings is 1. The Morgan fingerprint density at radius 3 is 2.44 bits per heavy atom. The van der Waals surface area contributed by atoms with Crippen LogP contribution in [0.25, 0.3) is 0 Å². The molecule has 0 saturated heterocycles. The molecule has 3 nitrogen and oxygen atoms in total. The van der Waals surface area contributed by atoms with Crippen LogP contribution in [0.1, 0.15) is 16.9 Å². The van der Waals surface area contributed by atoms with E-state index in [1.54, 1.807) is 6.26 Å². The maximum atomic E-state index is 5.57. The summed E-state index contributed by atoms with van der Waals surface area (Å²) in [4.78, 5) is 2.58. The summed E-state index contributed by atoms with van der Waals surface area (Å²) in [7, 11) is 2.04.